The van der Waals surface area contributed by atoms with Crippen molar-refractivity contribution in [1.82, 2.24) is 10.6 Å². The molecule has 1 aromatic carbocycles. The fourth-order valence-electron chi connectivity index (χ4n) is 1.80. The molecule has 0 spiro atoms. The van der Waals surface area contributed by atoms with Crippen LogP contribution in [0.2, 0.25) is 0 Å². The van der Waals surface area contributed by atoms with Crippen molar-refractivity contribution in [3.63, 3.8) is 0 Å². The molecule has 0 aliphatic heterocycles. The molecule has 0 aliphatic carbocycles. The zero-order chi connectivity index (χ0) is 17.2. The number of ether oxygens (including phenoxy) is 2. The molecule has 0 radical (unpaired) electrons. The molecule has 0 saturated heterocycles. The Hall–Kier alpha value is -1.99. The van der Waals surface area contributed by atoms with Crippen molar-refractivity contribution in [2.24, 2.45) is 11.7 Å². The fraction of sp³-hybridized carbons (Fsp3) is 0.500. The molecular formula is C16H26ClN3O4. The predicted molar refractivity (Wildman–Crippen MR) is 94.5 cm³/mol. The standard InChI is InChI=1S/C16H25N3O4.ClH/c1-4-18-15(20)10-23-13-6-5-12(7-14(13)22-3)9-19-16(21)11(2)8-17;/h5-7,11H,4,8-10,17H2,1-3H3,(H,18,20)(H,19,21);1H. The Bertz CT molecular complexity index is 540. The van der Waals surface area contributed by atoms with Crippen LogP contribution in [0.4, 0.5) is 0 Å². The highest BCUT2D eigenvalue weighted by Gasteiger charge is 2.12. The SMILES string of the molecule is CCNC(=O)COc1ccc(CNC(=O)C(C)CN)cc1OC.Cl. The second-order valence-corrected chi connectivity index (χ2v) is 5.08. The van der Waals surface area contributed by atoms with Gasteiger partial charge in [0.2, 0.25) is 5.91 Å². The normalized spacial score (nSPS) is 11.0. The van der Waals surface area contributed by atoms with Crippen LogP contribution in [-0.2, 0) is 16.1 Å². The molecule has 0 saturated carbocycles. The molecule has 0 aromatic heterocycles. The number of carbonyl (C=O) groups excluding carboxylic acids is 2. The minimum Gasteiger partial charge on any atom is -0.493 e. The molecule has 0 fully saturated rings. The van der Waals surface area contributed by atoms with E-state index in [0.29, 0.717) is 31.1 Å². The van der Waals surface area contributed by atoms with Crippen molar-refractivity contribution in [3.8, 4) is 11.5 Å². The maximum atomic E-state index is 11.7. The average Bonchev–Trinajstić information content (AvgIpc) is 2.57. The van der Waals surface area contributed by atoms with Gasteiger partial charge in [0.25, 0.3) is 5.91 Å². The monoisotopic (exact) mass is 359 g/mol. The summed E-state index contributed by atoms with van der Waals surface area (Å²) in [5.41, 5.74) is 6.32. The summed E-state index contributed by atoms with van der Waals surface area (Å²) in [5.74, 6) is 0.471. The Morgan fingerprint density at radius 1 is 1.25 bits per heavy atom. The Labute approximate surface area is 148 Å². The highest BCUT2D eigenvalue weighted by atomic mass is 35.5. The summed E-state index contributed by atoms with van der Waals surface area (Å²) in [6.45, 7) is 4.77. The number of methoxy groups -OCH3 is 1. The summed E-state index contributed by atoms with van der Waals surface area (Å²) >= 11 is 0. The third kappa shape index (κ3) is 7.06. The number of amides is 2. The third-order valence-corrected chi connectivity index (χ3v) is 3.23. The summed E-state index contributed by atoms with van der Waals surface area (Å²) in [5, 5.41) is 5.46. The number of likely N-dealkylation sites (N-methyl/N-ethyl adjacent to an activating group) is 1. The molecule has 0 aliphatic rings. The van der Waals surface area contributed by atoms with Crippen molar-refractivity contribution in [2.75, 3.05) is 26.8 Å². The van der Waals surface area contributed by atoms with E-state index in [4.69, 9.17) is 15.2 Å². The van der Waals surface area contributed by atoms with Gasteiger partial charge in [-0.25, -0.2) is 0 Å². The van der Waals surface area contributed by atoms with Gasteiger partial charge in [0, 0.05) is 25.6 Å². The van der Waals surface area contributed by atoms with Gasteiger partial charge in [-0.05, 0) is 24.6 Å². The van der Waals surface area contributed by atoms with Crippen LogP contribution in [0.5, 0.6) is 11.5 Å². The summed E-state index contributed by atoms with van der Waals surface area (Å²) in [6.07, 6.45) is 0. The van der Waals surface area contributed by atoms with E-state index >= 15 is 0 Å². The molecule has 1 unspecified atom stereocenters. The molecule has 2 amide bonds. The largest absolute Gasteiger partial charge is 0.493 e. The van der Waals surface area contributed by atoms with Gasteiger partial charge in [-0.15, -0.1) is 12.4 Å². The number of halogens is 1. The molecule has 1 aromatic rings. The zero-order valence-corrected chi connectivity index (χ0v) is 15.1. The lowest BCUT2D eigenvalue weighted by molar-refractivity contribution is -0.124. The van der Waals surface area contributed by atoms with Crippen LogP contribution in [0, 0.1) is 5.92 Å². The van der Waals surface area contributed by atoms with Gasteiger partial charge in [0.1, 0.15) is 0 Å². The molecule has 1 rings (SSSR count). The predicted octanol–water partition coefficient (Wildman–Crippen LogP) is 0.843. The number of benzene rings is 1. The highest BCUT2D eigenvalue weighted by molar-refractivity contribution is 5.85. The lowest BCUT2D eigenvalue weighted by Gasteiger charge is -2.13. The van der Waals surface area contributed by atoms with E-state index in [1.165, 1.54) is 7.11 Å². The first-order valence-electron chi connectivity index (χ1n) is 7.56. The lowest BCUT2D eigenvalue weighted by Crippen LogP contribution is -2.32. The minimum atomic E-state index is -0.225. The average molecular weight is 360 g/mol. The molecule has 0 bridgehead atoms. The molecule has 7 nitrogen and oxygen atoms in total. The summed E-state index contributed by atoms with van der Waals surface area (Å²) in [6, 6.07) is 5.29. The molecule has 136 valence electrons. The van der Waals surface area contributed by atoms with Crippen LogP contribution in [-0.4, -0.2) is 38.6 Å². The molecule has 0 heterocycles. The Balaban J connectivity index is 0.00000529. The van der Waals surface area contributed by atoms with Gasteiger partial charge in [-0.1, -0.05) is 13.0 Å². The van der Waals surface area contributed by atoms with Crippen LogP contribution in [0.25, 0.3) is 0 Å². The van der Waals surface area contributed by atoms with Crippen molar-refractivity contribution in [3.05, 3.63) is 23.8 Å². The highest BCUT2D eigenvalue weighted by Crippen LogP contribution is 2.28. The Morgan fingerprint density at radius 3 is 2.54 bits per heavy atom. The van der Waals surface area contributed by atoms with E-state index in [-0.39, 0.29) is 36.7 Å². The van der Waals surface area contributed by atoms with Gasteiger partial charge in [0.15, 0.2) is 18.1 Å². The van der Waals surface area contributed by atoms with E-state index in [1.807, 2.05) is 13.0 Å². The second kappa shape index (κ2) is 11.5. The second-order valence-electron chi connectivity index (χ2n) is 5.08. The molecule has 24 heavy (non-hydrogen) atoms. The number of hydrogen-bond donors (Lipinski definition) is 3. The van der Waals surface area contributed by atoms with Crippen LogP contribution in [0.1, 0.15) is 19.4 Å². The smallest absolute Gasteiger partial charge is 0.257 e. The lowest BCUT2D eigenvalue weighted by atomic mass is 10.1. The quantitative estimate of drug-likeness (QED) is 0.606. The fourth-order valence-corrected chi connectivity index (χ4v) is 1.80. The zero-order valence-electron chi connectivity index (χ0n) is 14.3. The first-order chi connectivity index (χ1) is 11.0. The van der Waals surface area contributed by atoms with Crippen molar-refractivity contribution in [1.29, 1.82) is 0 Å². The number of nitrogens with two attached hydrogens (primary N) is 1. The summed E-state index contributed by atoms with van der Waals surface area (Å²) in [4.78, 5) is 23.1. The van der Waals surface area contributed by atoms with Crippen LogP contribution in [0.15, 0.2) is 18.2 Å². The summed E-state index contributed by atoms with van der Waals surface area (Å²) in [7, 11) is 1.52. The third-order valence-electron chi connectivity index (χ3n) is 3.23. The summed E-state index contributed by atoms with van der Waals surface area (Å²) < 4.78 is 10.7. The van der Waals surface area contributed by atoms with Gasteiger partial charge >= 0.3 is 0 Å². The van der Waals surface area contributed by atoms with Crippen molar-refractivity contribution < 1.29 is 19.1 Å². The first kappa shape index (κ1) is 22.0. The van der Waals surface area contributed by atoms with E-state index in [2.05, 4.69) is 10.6 Å². The van der Waals surface area contributed by atoms with Crippen molar-refractivity contribution >= 4 is 24.2 Å². The van der Waals surface area contributed by atoms with E-state index in [0.717, 1.165) is 5.56 Å². The number of carbonyl (C=O) groups is 2. The number of rotatable bonds is 9. The van der Waals surface area contributed by atoms with Crippen LogP contribution in [0.3, 0.4) is 0 Å². The minimum absolute atomic E-state index is 0. The maximum absolute atomic E-state index is 11.7. The Kier molecular flexibility index (Phi) is 10.6. The number of hydrogen-bond acceptors (Lipinski definition) is 5. The van der Waals surface area contributed by atoms with Gasteiger partial charge in [-0.3, -0.25) is 9.59 Å². The van der Waals surface area contributed by atoms with Gasteiger partial charge in [-0.2, -0.15) is 0 Å². The van der Waals surface area contributed by atoms with E-state index in [1.54, 1.807) is 19.1 Å². The van der Waals surface area contributed by atoms with Gasteiger partial charge in [0.05, 0.1) is 7.11 Å². The first-order valence-corrected chi connectivity index (χ1v) is 7.56. The van der Waals surface area contributed by atoms with Crippen LogP contribution >= 0.6 is 12.4 Å². The topological polar surface area (TPSA) is 103 Å². The van der Waals surface area contributed by atoms with Gasteiger partial charge < -0.3 is 25.8 Å². The van der Waals surface area contributed by atoms with E-state index in [9.17, 15) is 9.59 Å². The van der Waals surface area contributed by atoms with Crippen LogP contribution < -0.4 is 25.8 Å². The maximum Gasteiger partial charge on any atom is 0.257 e. The molecule has 1 atom stereocenters. The molecule has 8 heteroatoms. The number of nitrogens with one attached hydrogen (secondary N) is 2. The van der Waals surface area contributed by atoms with Crippen molar-refractivity contribution in [2.45, 2.75) is 20.4 Å². The Morgan fingerprint density at radius 2 is 1.96 bits per heavy atom. The van der Waals surface area contributed by atoms with E-state index < -0.39 is 0 Å². The molecule has 4 N–H and O–H groups in total. The molecular weight excluding hydrogens is 334 g/mol.